The minimum Gasteiger partial charge on any atom is -0.396 e. The van der Waals surface area contributed by atoms with E-state index in [-0.39, 0.29) is 12.1 Å². The summed E-state index contributed by atoms with van der Waals surface area (Å²) in [6.07, 6.45) is 3.78. The van der Waals surface area contributed by atoms with Crippen LogP contribution in [0.25, 0.3) is 0 Å². The van der Waals surface area contributed by atoms with Crippen molar-refractivity contribution >= 4 is 17.8 Å². The van der Waals surface area contributed by atoms with E-state index >= 15 is 0 Å². The van der Waals surface area contributed by atoms with Crippen LogP contribution in [0.2, 0.25) is 0 Å². The van der Waals surface area contributed by atoms with E-state index in [4.69, 9.17) is 5.84 Å². The molecule has 0 amide bonds. The van der Waals surface area contributed by atoms with E-state index in [0.717, 1.165) is 32.4 Å². The van der Waals surface area contributed by atoms with Gasteiger partial charge >= 0.3 is 0 Å². The van der Waals surface area contributed by atoms with Gasteiger partial charge in [0.25, 0.3) is 0 Å². The van der Waals surface area contributed by atoms with Gasteiger partial charge < -0.3 is 15.3 Å². The van der Waals surface area contributed by atoms with Crippen molar-refractivity contribution in [3.05, 3.63) is 0 Å². The fourth-order valence-corrected chi connectivity index (χ4v) is 2.39. The fourth-order valence-electron chi connectivity index (χ4n) is 2.39. The summed E-state index contributed by atoms with van der Waals surface area (Å²) in [4.78, 5) is 15.2. The summed E-state index contributed by atoms with van der Waals surface area (Å²) in [5, 5.41) is 12.5. The van der Waals surface area contributed by atoms with Gasteiger partial charge in [0.2, 0.25) is 17.8 Å². The molecule has 1 atom stereocenters. The lowest BCUT2D eigenvalue weighted by Gasteiger charge is -2.29. The van der Waals surface area contributed by atoms with Gasteiger partial charge in [0.05, 0.1) is 0 Å². The fraction of sp³-hybridized carbons (Fsp3) is 0.769. The SMILES string of the molecule is CCC(C)(CCO)Nc1nc(NN)nc(N2CCCC2)n1. The number of nitrogens with zero attached hydrogens (tertiary/aromatic N) is 4. The highest BCUT2D eigenvalue weighted by molar-refractivity contribution is 5.44. The van der Waals surface area contributed by atoms with Crippen molar-refractivity contribution in [3.8, 4) is 0 Å². The first-order valence-electron chi connectivity index (χ1n) is 7.47. The van der Waals surface area contributed by atoms with Crippen LogP contribution in [0.15, 0.2) is 0 Å². The van der Waals surface area contributed by atoms with Crippen LogP contribution in [0.1, 0.15) is 39.5 Å². The number of hydrogen-bond donors (Lipinski definition) is 4. The first kappa shape index (κ1) is 15.7. The maximum absolute atomic E-state index is 9.21. The molecular weight excluding hydrogens is 270 g/mol. The monoisotopic (exact) mass is 295 g/mol. The highest BCUT2D eigenvalue weighted by Crippen LogP contribution is 2.23. The van der Waals surface area contributed by atoms with E-state index in [0.29, 0.717) is 24.3 Å². The maximum atomic E-state index is 9.21. The Kier molecular flexibility index (Phi) is 5.13. The van der Waals surface area contributed by atoms with Gasteiger partial charge in [-0.15, -0.1) is 0 Å². The zero-order valence-corrected chi connectivity index (χ0v) is 12.8. The molecule has 1 saturated heterocycles. The van der Waals surface area contributed by atoms with Gasteiger partial charge in [0, 0.05) is 25.2 Å². The molecule has 0 saturated carbocycles. The Hall–Kier alpha value is -1.67. The largest absolute Gasteiger partial charge is 0.396 e. The first-order valence-corrected chi connectivity index (χ1v) is 7.47. The Morgan fingerprint density at radius 1 is 1.24 bits per heavy atom. The van der Waals surface area contributed by atoms with Crippen molar-refractivity contribution in [1.29, 1.82) is 0 Å². The lowest BCUT2D eigenvalue weighted by molar-refractivity contribution is 0.251. The third-order valence-corrected chi connectivity index (χ3v) is 4.00. The number of nitrogen functional groups attached to an aromatic ring is 1. The molecule has 118 valence electrons. The van der Waals surface area contributed by atoms with E-state index in [2.05, 4.69) is 37.5 Å². The van der Waals surface area contributed by atoms with Crippen LogP contribution in [-0.2, 0) is 0 Å². The smallest absolute Gasteiger partial charge is 0.243 e. The molecule has 0 radical (unpaired) electrons. The Morgan fingerprint density at radius 2 is 1.90 bits per heavy atom. The predicted octanol–water partition coefficient (Wildman–Crippen LogP) is 0.720. The van der Waals surface area contributed by atoms with Crippen LogP contribution in [-0.4, -0.2) is 45.3 Å². The van der Waals surface area contributed by atoms with Crippen LogP contribution in [0.3, 0.4) is 0 Å². The average Bonchev–Trinajstić information content (AvgIpc) is 3.01. The molecule has 0 aliphatic carbocycles. The molecule has 1 aromatic heterocycles. The second-order valence-corrected chi connectivity index (χ2v) is 5.63. The zero-order chi connectivity index (χ0) is 15.3. The van der Waals surface area contributed by atoms with E-state index in [1.165, 1.54) is 0 Å². The summed E-state index contributed by atoms with van der Waals surface area (Å²) < 4.78 is 0. The van der Waals surface area contributed by atoms with E-state index in [1.54, 1.807) is 0 Å². The van der Waals surface area contributed by atoms with E-state index in [9.17, 15) is 5.11 Å². The minimum atomic E-state index is -0.260. The molecule has 8 nitrogen and oxygen atoms in total. The summed E-state index contributed by atoms with van der Waals surface area (Å²) in [5.74, 6) is 6.92. The summed E-state index contributed by atoms with van der Waals surface area (Å²) in [6, 6.07) is 0. The molecule has 1 aliphatic heterocycles. The molecular formula is C13H25N7O. The highest BCUT2D eigenvalue weighted by Gasteiger charge is 2.24. The number of hydrazine groups is 1. The quantitative estimate of drug-likeness (QED) is 0.430. The molecule has 2 heterocycles. The molecule has 0 aromatic carbocycles. The molecule has 1 unspecified atom stereocenters. The van der Waals surface area contributed by atoms with Crippen LogP contribution in [0.5, 0.6) is 0 Å². The molecule has 5 N–H and O–H groups in total. The number of nitrogens with two attached hydrogens (primary N) is 1. The van der Waals surface area contributed by atoms with Crippen molar-refractivity contribution in [2.45, 2.75) is 45.1 Å². The normalized spacial score (nSPS) is 17.6. The van der Waals surface area contributed by atoms with Crippen molar-refractivity contribution in [1.82, 2.24) is 15.0 Å². The Morgan fingerprint density at radius 3 is 2.48 bits per heavy atom. The lowest BCUT2D eigenvalue weighted by Crippen LogP contribution is -2.36. The number of rotatable bonds is 7. The molecule has 1 aliphatic rings. The van der Waals surface area contributed by atoms with Crippen LogP contribution < -0.4 is 21.5 Å². The van der Waals surface area contributed by atoms with Gasteiger partial charge in [0.1, 0.15) is 0 Å². The summed E-state index contributed by atoms with van der Waals surface area (Å²) in [6.45, 7) is 6.12. The molecule has 8 heteroatoms. The number of anilines is 3. The summed E-state index contributed by atoms with van der Waals surface area (Å²) in [5.41, 5.74) is 2.23. The van der Waals surface area contributed by atoms with Gasteiger partial charge in [-0.25, -0.2) is 5.84 Å². The molecule has 1 aromatic rings. The third kappa shape index (κ3) is 3.92. The Labute approximate surface area is 125 Å². The molecule has 0 spiro atoms. The molecule has 0 bridgehead atoms. The van der Waals surface area contributed by atoms with Gasteiger partial charge in [-0.1, -0.05) is 6.92 Å². The average molecular weight is 295 g/mol. The number of aliphatic hydroxyl groups is 1. The summed E-state index contributed by atoms with van der Waals surface area (Å²) in [7, 11) is 0. The van der Waals surface area contributed by atoms with Crippen molar-refractivity contribution in [3.63, 3.8) is 0 Å². The zero-order valence-electron chi connectivity index (χ0n) is 12.8. The van der Waals surface area contributed by atoms with Gasteiger partial charge in [0.15, 0.2) is 0 Å². The van der Waals surface area contributed by atoms with E-state index < -0.39 is 0 Å². The van der Waals surface area contributed by atoms with Crippen LogP contribution in [0, 0.1) is 0 Å². The van der Waals surface area contributed by atoms with Crippen molar-refractivity contribution in [2.75, 3.05) is 35.3 Å². The first-order chi connectivity index (χ1) is 10.1. The maximum Gasteiger partial charge on any atom is 0.243 e. The second-order valence-electron chi connectivity index (χ2n) is 5.63. The number of hydrogen-bond acceptors (Lipinski definition) is 8. The lowest BCUT2D eigenvalue weighted by atomic mass is 9.95. The number of aliphatic hydroxyl groups excluding tert-OH is 1. The van der Waals surface area contributed by atoms with E-state index in [1.807, 2.05) is 6.92 Å². The van der Waals surface area contributed by atoms with Gasteiger partial charge in [-0.2, -0.15) is 15.0 Å². The van der Waals surface area contributed by atoms with Gasteiger partial charge in [-0.3, -0.25) is 5.43 Å². The molecule has 21 heavy (non-hydrogen) atoms. The van der Waals surface area contributed by atoms with Gasteiger partial charge in [-0.05, 0) is 32.6 Å². The Balaban J connectivity index is 2.23. The standard InChI is InChI=1S/C13H25N7O/c1-3-13(2,6-9-21)18-10-15-11(19-14)17-12(16-10)20-7-4-5-8-20/h21H,3-9,14H2,1-2H3,(H2,15,16,17,18,19). The topological polar surface area (TPSA) is 112 Å². The van der Waals surface area contributed by atoms with Crippen LogP contribution in [0.4, 0.5) is 17.8 Å². The summed E-state index contributed by atoms with van der Waals surface area (Å²) >= 11 is 0. The number of nitrogens with one attached hydrogen (secondary N) is 2. The second kappa shape index (κ2) is 6.86. The third-order valence-electron chi connectivity index (χ3n) is 4.00. The number of aromatic nitrogens is 3. The predicted molar refractivity (Wildman–Crippen MR) is 83.1 cm³/mol. The van der Waals surface area contributed by atoms with Crippen molar-refractivity contribution in [2.24, 2.45) is 5.84 Å². The highest BCUT2D eigenvalue weighted by atomic mass is 16.3. The minimum absolute atomic E-state index is 0.114. The Bertz CT molecular complexity index is 464. The van der Waals surface area contributed by atoms with Crippen LogP contribution >= 0.6 is 0 Å². The van der Waals surface area contributed by atoms with Crippen molar-refractivity contribution < 1.29 is 5.11 Å². The molecule has 1 fully saturated rings. The molecule has 2 rings (SSSR count).